The summed E-state index contributed by atoms with van der Waals surface area (Å²) >= 11 is 0. The molecule has 0 aromatic rings. The average molecular weight is 901 g/mol. The summed E-state index contributed by atoms with van der Waals surface area (Å²) in [6.07, 6.45) is 61.8. The summed E-state index contributed by atoms with van der Waals surface area (Å²) in [5, 5.41) is 0. The van der Waals surface area contributed by atoms with Crippen molar-refractivity contribution >= 4 is 17.9 Å². The van der Waals surface area contributed by atoms with Gasteiger partial charge in [-0.3, -0.25) is 14.4 Å². The minimum Gasteiger partial charge on any atom is -0.462 e. The molecule has 0 saturated carbocycles. The zero-order valence-corrected chi connectivity index (χ0v) is 43.1. The van der Waals surface area contributed by atoms with Crippen LogP contribution in [-0.2, 0) is 28.6 Å². The third-order valence-electron chi connectivity index (χ3n) is 12.7. The number of rotatable bonds is 52. The van der Waals surface area contributed by atoms with E-state index in [4.69, 9.17) is 14.2 Å². The van der Waals surface area contributed by atoms with Crippen molar-refractivity contribution in [3.05, 3.63) is 24.3 Å². The maximum atomic E-state index is 12.8. The van der Waals surface area contributed by atoms with E-state index in [-0.39, 0.29) is 37.5 Å². The predicted octanol–water partition coefficient (Wildman–Crippen LogP) is 18.7. The lowest BCUT2D eigenvalue weighted by Gasteiger charge is -2.18. The highest BCUT2D eigenvalue weighted by atomic mass is 16.6. The molecular weight excluding hydrogens is 793 g/mol. The number of ether oxygens (including phenoxy) is 3. The molecule has 6 heteroatoms. The lowest BCUT2D eigenvalue weighted by atomic mass is 10.0. The van der Waals surface area contributed by atoms with E-state index in [0.29, 0.717) is 19.3 Å². The second-order valence-electron chi connectivity index (χ2n) is 19.2. The van der Waals surface area contributed by atoms with E-state index in [1.165, 1.54) is 212 Å². The fourth-order valence-corrected chi connectivity index (χ4v) is 8.44. The van der Waals surface area contributed by atoms with Gasteiger partial charge in [0.15, 0.2) is 6.10 Å². The summed E-state index contributed by atoms with van der Waals surface area (Å²) in [4.78, 5) is 38.0. The van der Waals surface area contributed by atoms with Crippen LogP contribution in [-0.4, -0.2) is 37.2 Å². The minimum absolute atomic E-state index is 0.0826. The molecular formula is C58H108O6. The Kier molecular flexibility index (Phi) is 51.7. The first-order valence-electron chi connectivity index (χ1n) is 28.3. The molecule has 0 aromatic carbocycles. The second kappa shape index (κ2) is 53.5. The molecule has 0 aliphatic heterocycles. The quantitative estimate of drug-likeness (QED) is 0.0262. The highest BCUT2D eigenvalue weighted by Crippen LogP contribution is 2.17. The normalized spacial score (nSPS) is 12.1. The first-order chi connectivity index (χ1) is 31.5. The minimum atomic E-state index is -0.788. The summed E-state index contributed by atoms with van der Waals surface area (Å²) < 4.78 is 16.8. The Hall–Kier alpha value is -2.11. The van der Waals surface area contributed by atoms with Crippen LogP contribution in [0.25, 0.3) is 0 Å². The predicted molar refractivity (Wildman–Crippen MR) is 275 cm³/mol. The van der Waals surface area contributed by atoms with Crippen LogP contribution in [0.1, 0.15) is 310 Å². The summed E-state index contributed by atoms with van der Waals surface area (Å²) in [6.45, 7) is 6.63. The number of allylic oxidation sites excluding steroid dienone is 4. The first-order valence-corrected chi connectivity index (χ1v) is 28.3. The average Bonchev–Trinajstić information content (AvgIpc) is 3.29. The Morgan fingerprint density at radius 1 is 0.312 bits per heavy atom. The van der Waals surface area contributed by atoms with E-state index >= 15 is 0 Å². The summed E-state index contributed by atoms with van der Waals surface area (Å²) in [6, 6.07) is 0. The van der Waals surface area contributed by atoms with Gasteiger partial charge in [-0.05, 0) is 38.5 Å². The Balaban J connectivity index is 4.35. The van der Waals surface area contributed by atoms with Crippen molar-refractivity contribution in [1.82, 2.24) is 0 Å². The van der Waals surface area contributed by atoms with Crippen LogP contribution >= 0.6 is 0 Å². The second-order valence-corrected chi connectivity index (χ2v) is 19.2. The number of hydrogen-bond acceptors (Lipinski definition) is 6. The van der Waals surface area contributed by atoms with Crippen molar-refractivity contribution < 1.29 is 28.6 Å². The van der Waals surface area contributed by atoms with Crippen LogP contribution in [0.15, 0.2) is 24.3 Å². The zero-order valence-electron chi connectivity index (χ0n) is 43.1. The first kappa shape index (κ1) is 61.9. The van der Waals surface area contributed by atoms with Crippen molar-refractivity contribution in [3.63, 3.8) is 0 Å². The van der Waals surface area contributed by atoms with Crippen LogP contribution in [0.5, 0.6) is 0 Å². The third-order valence-corrected chi connectivity index (χ3v) is 12.7. The monoisotopic (exact) mass is 901 g/mol. The molecule has 376 valence electrons. The van der Waals surface area contributed by atoms with Gasteiger partial charge in [0, 0.05) is 19.3 Å². The maximum Gasteiger partial charge on any atom is 0.306 e. The van der Waals surface area contributed by atoms with E-state index in [1.807, 2.05) is 6.08 Å². The molecule has 0 amide bonds. The van der Waals surface area contributed by atoms with E-state index < -0.39 is 6.10 Å². The molecule has 0 heterocycles. The van der Waals surface area contributed by atoms with Crippen molar-refractivity contribution in [2.24, 2.45) is 0 Å². The smallest absolute Gasteiger partial charge is 0.306 e. The molecule has 0 N–H and O–H groups in total. The highest BCUT2D eigenvalue weighted by Gasteiger charge is 2.19. The van der Waals surface area contributed by atoms with Gasteiger partial charge in [0.2, 0.25) is 0 Å². The topological polar surface area (TPSA) is 78.9 Å². The zero-order chi connectivity index (χ0) is 46.5. The molecule has 64 heavy (non-hydrogen) atoms. The van der Waals surface area contributed by atoms with Gasteiger partial charge < -0.3 is 14.2 Å². The molecule has 1 atom stereocenters. The van der Waals surface area contributed by atoms with E-state index in [9.17, 15) is 14.4 Å². The van der Waals surface area contributed by atoms with Gasteiger partial charge in [0.25, 0.3) is 0 Å². The number of unbranched alkanes of at least 4 members (excludes halogenated alkanes) is 37. The molecule has 0 rings (SSSR count). The van der Waals surface area contributed by atoms with Crippen LogP contribution in [0.4, 0.5) is 0 Å². The van der Waals surface area contributed by atoms with Crippen molar-refractivity contribution in [3.8, 4) is 0 Å². The van der Waals surface area contributed by atoms with Crippen molar-refractivity contribution in [2.75, 3.05) is 13.2 Å². The highest BCUT2D eigenvalue weighted by molar-refractivity contribution is 5.71. The van der Waals surface area contributed by atoms with Gasteiger partial charge in [-0.25, -0.2) is 0 Å². The lowest BCUT2D eigenvalue weighted by molar-refractivity contribution is -0.166. The Labute approximate surface area is 398 Å². The van der Waals surface area contributed by atoms with E-state index in [2.05, 4.69) is 39.0 Å². The largest absolute Gasteiger partial charge is 0.462 e. The van der Waals surface area contributed by atoms with Crippen molar-refractivity contribution in [2.45, 2.75) is 316 Å². The number of esters is 3. The SMILES string of the molecule is CCCCCCCC/C=C/C/C=C/CCC(=O)OCC(COC(=O)CCCCCCCCCCCCCCCCCCCC)OC(=O)CCCCCCCCCCCCCCCCC. The van der Waals surface area contributed by atoms with Gasteiger partial charge in [0.1, 0.15) is 13.2 Å². The maximum absolute atomic E-state index is 12.8. The Morgan fingerprint density at radius 3 is 0.953 bits per heavy atom. The Bertz CT molecular complexity index is 1040. The fourth-order valence-electron chi connectivity index (χ4n) is 8.44. The van der Waals surface area contributed by atoms with Crippen LogP contribution < -0.4 is 0 Å². The molecule has 0 spiro atoms. The molecule has 1 unspecified atom stereocenters. The van der Waals surface area contributed by atoms with Gasteiger partial charge in [-0.15, -0.1) is 0 Å². The molecule has 0 aliphatic carbocycles. The molecule has 0 bridgehead atoms. The van der Waals surface area contributed by atoms with Gasteiger partial charge in [0.05, 0.1) is 0 Å². The molecule has 0 aromatic heterocycles. The molecule has 0 aliphatic rings. The molecule has 0 fully saturated rings. The van der Waals surface area contributed by atoms with Gasteiger partial charge in [-0.2, -0.15) is 0 Å². The summed E-state index contributed by atoms with van der Waals surface area (Å²) in [7, 11) is 0. The van der Waals surface area contributed by atoms with E-state index in [1.54, 1.807) is 0 Å². The molecule has 0 saturated heterocycles. The Morgan fingerprint density at radius 2 is 0.594 bits per heavy atom. The van der Waals surface area contributed by atoms with E-state index in [0.717, 1.165) is 51.4 Å². The van der Waals surface area contributed by atoms with Crippen molar-refractivity contribution in [1.29, 1.82) is 0 Å². The van der Waals surface area contributed by atoms with Crippen LogP contribution in [0, 0.1) is 0 Å². The molecule has 0 radical (unpaired) electrons. The summed E-state index contributed by atoms with van der Waals surface area (Å²) in [5.74, 6) is -0.933. The number of hydrogen-bond donors (Lipinski definition) is 0. The molecule has 6 nitrogen and oxygen atoms in total. The fraction of sp³-hybridized carbons (Fsp3) is 0.879. The van der Waals surface area contributed by atoms with Gasteiger partial charge >= 0.3 is 17.9 Å². The summed E-state index contributed by atoms with van der Waals surface area (Å²) in [5.41, 5.74) is 0. The number of carbonyl (C=O) groups is 3. The lowest BCUT2D eigenvalue weighted by Crippen LogP contribution is -2.30. The van der Waals surface area contributed by atoms with Crippen LogP contribution in [0.2, 0.25) is 0 Å². The standard InChI is InChI=1S/C58H108O6/c1-4-7-10-13-16-19-22-25-27-28-29-31-33-36-39-42-45-48-51-57(60)63-54-55(53-62-56(59)50-47-44-41-38-35-32-24-21-18-15-12-9-6-3)64-58(61)52-49-46-43-40-37-34-30-26-23-20-17-14-11-8-5-2/h32,35,41,44,55H,4-31,33-34,36-40,42-43,45-54H2,1-3H3/b35-32+,44-41+. The van der Waals surface area contributed by atoms with Gasteiger partial charge in [-0.1, -0.05) is 276 Å². The third kappa shape index (κ3) is 50.9. The van der Waals surface area contributed by atoms with Crippen LogP contribution in [0.3, 0.4) is 0 Å². The number of carbonyl (C=O) groups excluding carboxylic acids is 3.